The zero-order chi connectivity index (χ0) is 15.3. The third-order valence-corrected chi connectivity index (χ3v) is 6.08. The van der Waals surface area contributed by atoms with Crippen LogP contribution in [-0.2, 0) is 16.6 Å². The van der Waals surface area contributed by atoms with Crippen LogP contribution in [0.1, 0.15) is 25.3 Å². The average Bonchev–Trinajstić information content (AvgIpc) is 2.48. The second-order valence-electron chi connectivity index (χ2n) is 4.94. The van der Waals surface area contributed by atoms with Crippen LogP contribution in [0.3, 0.4) is 0 Å². The molecular formula is C14H22N2O3S2. The van der Waals surface area contributed by atoms with E-state index in [1.165, 1.54) is 0 Å². The molecule has 1 fully saturated rings. The molecule has 1 saturated heterocycles. The van der Waals surface area contributed by atoms with E-state index in [4.69, 9.17) is 10.5 Å². The molecule has 0 saturated carbocycles. The fourth-order valence-corrected chi connectivity index (χ4v) is 4.80. The molecule has 2 rings (SSSR count). The van der Waals surface area contributed by atoms with Crippen molar-refractivity contribution in [1.82, 2.24) is 4.72 Å². The molecule has 1 unspecified atom stereocenters. The first-order valence-corrected chi connectivity index (χ1v) is 9.76. The molecule has 1 heterocycles. The molecule has 0 aromatic heterocycles. The molecule has 0 bridgehead atoms. The fraction of sp³-hybridized carbons (Fsp3) is 0.571. The number of nitrogens with one attached hydrogen (secondary N) is 1. The lowest BCUT2D eigenvalue weighted by molar-refractivity contribution is 0.336. The Bertz CT molecular complexity index is 570. The van der Waals surface area contributed by atoms with Crippen LogP contribution in [0.25, 0.3) is 0 Å². The van der Waals surface area contributed by atoms with Gasteiger partial charge in [-0.25, -0.2) is 13.1 Å². The minimum absolute atomic E-state index is 0.0154. The summed E-state index contributed by atoms with van der Waals surface area (Å²) >= 11 is 1.79. The van der Waals surface area contributed by atoms with Crippen LogP contribution in [-0.4, -0.2) is 32.6 Å². The Hall–Kier alpha value is -0.760. The van der Waals surface area contributed by atoms with Crippen LogP contribution in [0.15, 0.2) is 23.1 Å². The normalized spacial score (nSPS) is 19.4. The predicted octanol–water partition coefficient (Wildman–Crippen LogP) is 1.72. The van der Waals surface area contributed by atoms with Gasteiger partial charge in [-0.3, -0.25) is 0 Å². The Morgan fingerprint density at radius 3 is 2.90 bits per heavy atom. The summed E-state index contributed by atoms with van der Waals surface area (Å²) in [5.74, 6) is 2.59. The maximum Gasteiger partial charge on any atom is 0.240 e. The SMILES string of the molecule is CCOc1ccc(S(=O)(=O)NC2CCCSC2)cc1CN. The molecule has 1 aromatic carbocycles. The first-order chi connectivity index (χ1) is 10.1. The number of thioether (sulfide) groups is 1. The van der Waals surface area contributed by atoms with Gasteiger partial charge in [0.05, 0.1) is 11.5 Å². The fourth-order valence-electron chi connectivity index (χ4n) is 2.30. The highest BCUT2D eigenvalue weighted by molar-refractivity contribution is 7.99. The Morgan fingerprint density at radius 2 is 2.29 bits per heavy atom. The second-order valence-corrected chi connectivity index (χ2v) is 7.81. The summed E-state index contributed by atoms with van der Waals surface area (Å²) in [6.07, 6.45) is 1.95. The standard InChI is InChI=1S/C14H22N2O3S2/c1-2-19-14-6-5-13(8-11(14)9-15)21(17,18)16-12-4-3-7-20-10-12/h5-6,8,12,16H,2-4,7,9-10,15H2,1H3. The Kier molecular flexibility index (Phi) is 5.92. The van der Waals surface area contributed by atoms with Gasteiger partial charge < -0.3 is 10.5 Å². The molecule has 0 aliphatic carbocycles. The number of hydrogen-bond acceptors (Lipinski definition) is 5. The second kappa shape index (κ2) is 7.49. The Balaban J connectivity index is 2.18. The van der Waals surface area contributed by atoms with Gasteiger partial charge in [0, 0.05) is 23.9 Å². The van der Waals surface area contributed by atoms with E-state index < -0.39 is 10.0 Å². The van der Waals surface area contributed by atoms with E-state index in [1.54, 1.807) is 30.0 Å². The molecule has 1 atom stereocenters. The van der Waals surface area contributed by atoms with Crippen LogP contribution in [0.5, 0.6) is 5.75 Å². The topological polar surface area (TPSA) is 81.4 Å². The van der Waals surface area contributed by atoms with Crippen molar-refractivity contribution in [2.45, 2.75) is 37.2 Å². The van der Waals surface area contributed by atoms with Crippen LogP contribution < -0.4 is 15.2 Å². The minimum atomic E-state index is -3.50. The van der Waals surface area contributed by atoms with Gasteiger partial charge in [-0.2, -0.15) is 11.8 Å². The van der Waals surface area contributed by atoms with Crippen LogP contribution in [0.4, 0.5) is 0 Å². The minimum Gasteiger partial charge on any atom is -0.494 e. The molecule has 118 valence electrons. The summed E-state index contributed by atoms with van der Waals surface area (Å²) in [6.45, 7) is 2.65. The summed E-state index contributed by atoms with van der Waals surface area (Å²) < 4.78 is 33.1. The molecular weight excluding hydrogens is 308 g/mol. The monoisotopic (exact) mass is 330 g/mol. The Labute approximate surface area is 130 Å². The van der Waals surface area contributed by atoms with Gasteiger partial charge in [0.25, 0.3) is 0 Å². The summed E-state index contributed by atoms with van der Waals surface area (Å²) in [7, 11) is -3.50. The molecule has 7 heteroatoms. The van der Waals surface area contributed by atoms with E-state index in [0.717, 1.165) is 24.3 Å². The van der Waals surface area contributed by atoms with Crippen LogP contribution in [0.2, 0.25) is 0 Å². The molecule has 1 aliphatic heterocycles. The van der Waals surface area contributed by atoms with Crippen molar-refractivity contribution in [3.05, 3.63) is 23.8 Å². The van der Waals surface area contributed by atoms with Crippen molar-refractivity contribution >= 4 is 21.8 Å². The largest absolute Gasteiger partial charge is 0.494 e. The zero-order valence-electron chi connectivity index (χ0n) is 12.2. The van der Waals surface area contributed by atoms with Crippen molar-refractivity contribution in [3.63, 3.8) is 0 Å². The van der Waals surface area contributed by atoms with Crippen LogP contribution >= 0.6 is 11.8 Å². The molecule has 0 radical (unpaired) electrons. The van der Waals surface area contributed by atoms with Crippen molar-refractivity contribution in [2.75, 3.05) is 18.1 Å². The van der Waals surface area contributed by atoms with E-state index in [2.05, 4.69) is 4.72 Å². The third kappa shape index (κ3) is 4.35. The highest BCUT2D eigenvalue weighted by Crippen LogP contribution is 2.24. The molecule has 1 aromatic rings. The van der Waals surface area contributed by atoms with E-state index in [1.807, 2.05) is 6.92 Å². The maximum absolute atomic E-state index is 12.4. The van der Waals surface area contributed by atoms with E-state index >= 15 is 0 Å². The summed E-state index contributed by atoms with van der Waals surface area (Å²) in [4.78, 5) is 0.252. The quantitative estimate of drug-likeness (QED) is 0.830. The third-order valence-electron chi connectivity index (χ3n) is 3.34. The van der Waals surface area contributed by atoms with Crippen molar-refractivity contribution in [3.8, 4) is 5.75 Å². The first-order valence-electron chi connectivity index (χ1n) is 7.12. The van der Waals surface area contributed by atoms with Crippen molar-refractivity contribution < 1.29 is 13.2 Å². The Morgan fingerprint density at radius 1 is 1.48 bits per heavy atom. The highest BCUT2D eigenvalue weighted by Gasteiger charge is 2.22. The average molecular weight is 330 g/mol. The number of hydrogen-bond donors (Lipinski definition) is 2. The highest BCUT2D eigenvalue weighted by atomic mass is 32.2. The maximum atomic E-state index is 12.4. The molecule has 0 spiro atoms. The van der Waals surface area contributed by atoms with Gasteiger partial charge in [-0.15, -0.1) is 0 Å². The van der Waals surface area contributed by atoms with Crippen molar-refractivity contribution in [2.24, 2.45) is 5.73 Å². The van der Waals surface area contributed by atoms with Gasteiger partial charge in [0.15, 0.2) is 0 Å². The van der Waals surface area contributed by atoms with Gasteiger partial charge in [-0.05, 0) is 43.7 Å². The van der Waals surface area contributed by atoms with Gasteiger partial charge in [0.2, 0.25) is 10.0 Å². The number of rotatable bonds is 6. The van der Waals surface area contributed by atoms with Crippen LogP contribution in [0, 0.1) is 0 Å². The first kappa shape index (κ1) is 16.6. The summed E-state index contributed by atoms with van der Waals surface area (Å²) in [6, 6.07) is 4.86. The van der Waals surface area contributed by atoms with E-state index in [9.17, 15) is 8.42 Å². The van der Waals surface area contributed by atoms with E-state index in [0.29, 0.717) is 17.9 Å². The molecule has 1 aliphatic rings. The lowest BCUT2D eigenvalue weighted by Gasteiger charge is -2.22. The molecule has 21 heavy (non-hydrogen) atoms. The lowest BCUT2D eigenvalue weighted by Crippen LogP contribution is -2.38. The smallest absolute Gasteiger partial charge is 0.240 e. The van der Waals surface area contributed by atoms with E-state index in [-0.39, 0.29) is 17.5 Å². The molecule has 3 N–H and O–H groups in total. The number of benzene rings is 1. The predicted molar refractivity (Wildman–Crippen MR) is 86.2 cm³/mol. The number of nitrogens with two attached hydrogens (primary N) is 1. The summed E-state index contributed by atoms with van der Waals surface area (Å²) in [5, 5.41) is 0. The van der Waals surface area contributed by atoms with Gasteiger partial charge in [-0.1, -0.05) is 0 Å². The number of ether oxygens (including phenoxy) is 1. The molecule has 0 amide bonds. The summed E-state index contributed by atoms with van der Waals surface area (Å²) in [5.41, 5.74) is 6.39. The van der Waals surface area contributed by atoms with Gasteiger partial charge in [0.1, 0.15) is 5.75 Å². The molecule has 5 nitrogen and oxygen atoms in total. The van der Waals surface area contributed by atoms with Crippen molar-refractivity contribution in [1.29, 1.82) is 0 Å². The lowest BCUT2D eigenvalue weighted by atomic mass is 10.2. The van der Waals surface area contributed by atoms with Gasteiger partial charge >= 0.3 is 0 Å². The number of sulfonamides is 1. The zero-order valence-corrected chi connectivity index (χ0v) is 13.8.